The van der Waals surface area contributed by atoms with E-state index in [4.69, 9.17) is 0 Å². The molecule has 0 amide bonds. The zero-order valence-electron chi connectivity index (χ0n) is 11.8. The fraction of sp³-hybridized carbons (Fsp3) is 0.625. The molecule has 1 aromatic rings. The van der Waals surface area contributed by atoms with E-state index in [0.29, 0.717) is 12.1 Å². The third-order valence-corrected chi connectivity index (χ3v) is 3.45. The Bertz CT molecular complexity index is 302. The van der Waals surface area contributed by atoms with E-state index in [1.54, 1.807) is 0 Å². The Morgan fingerprint density at radius 2 is 1.71 bits per heavy atom. The molecule has 96 valence electrons. The van der Waals surface area contributed by atoms with E-state index in [1.807, 2.05) is 0 Å². The molecule has 1 heteroatoms. The van der Waals surface area contributed by atoms with Crippen LogP contribution in [0.2, 0.25) is 0 Å². The average molecular weight is 233 g/mol. The Kier molecular flexibility index (Phi) is 6.28. The van der Waals surface area contributed by atoms with Gasteiger partial charge in [0.15, 0.2) is 0 Å². The Morgan fingerprint density at radius 3 is 2.24 bits per heavy atom. The summed E-state index contributed by atoms with van der Waals surface area (Å²) in [5, 5.41) is 3.61. The lowest BCUT2D eigenvalue weighted by molar-refractivity contribution is 0.469. The average Bonchev–Trinajstić information content (AvgIpc) is 2.36. The van der Waals surface area contributed by atoms with Crippen molar-refractivity contribution >= 4 is 0 Å². The van der Waals surface area contributed by atoms with E-state index >= 15 is 0 Å². The standard InChI is InChI=1S/C16H27N/c1-5-7-8-15-9-11-16(12-10-15)14(4)17-13(3)6-2/h9-14,17H,5-8H2,1-4H3. The third-order valence-electron chi connectivity index (χ3n) is 3.45. The van der Waals surface area contributed by atoms with Crippen LogP contribution in [0.5, 0.6) is 0 Å². The van der Waals surface area contributed by atoms with Gasteiger partial charge in [-0.25, -0.2) is 0 Å². The minimum absolute atomic E-state index is 0.449. The van der Waals surface area contributed by atoms with Crippen molar-refractivity contribution in [1.29, 1.82) is 0 Å². The van der Waals surface area contributed by atoms with Crippen molar-refractivity contribution < 1.29 is 0 Å². The molecule has 0 saturated carbocycles. The molecule has 2 atom stereocenters. The summed E-state index contributed by atoms with van der Waals surface area (Å²) in [5.41, 5.74) is 2.86. The fourth-order valence-electron chi connectivity index (χ4n) is 1.99. The first-order chi connectivity index (χ1) is 8.17. The highest BCUT2D eigenvalue weighted by atomic mass is 14.9. The summed E-state index contributed by atoms with van der Waals surface area (Å²) in [6.45, 7) is 8.95. The van der Waals surface area contributed by atoms with Crippen LogP contribution in [0.1, 0.15) is 64.1 Å². The van der Waals surface area contributed by atoms with Gasteiger partial charge in [0, 0.05) is 12.1 Å². The van der Waals surface area contributed by atoms with E-state index in [2.05, 4.69) is 57.3 Å². The highest BCUT2D eigenvalue weighted by Gasteiger charge is 2.07. The van der Waals surface area contributed by atoms with Gasteiger partial charge in [0.1, 0.15) is 0 Å². The van der Waals surface area contributed by atoms with Crippen molar-refractivity contribution in [3.63, 3.8) is 0 Å². The van der Waals surface area contributed by atoms with Gasteiger partial charge in [0.25, 0.3) is 0 Å². The Morgan fingerprint density at radius 1 is 1.06 bits per heavy atom. The molecule has 0 fully saturated rings. The second-order valence-electron chi connectivity index (χ2n) is 5.04. The number of aryl methyl sites for hydroxylation is 1. The van der Waals surface area contributed by atoms with Crippen LogP contribution >= 0.6 is 0 Å². The zero-order chi connectivity index (χ0) is 12.7. The Balaban J connectivity index is 2.54. The van der Waals surface area contributed by atoms with Crippen molar-refractivity contribution in [3.05, 3.63) is 35.4 Å². The predicted octanol–water partition coefficient (Wildman–Crippen LogP) is 4.48. The maximum absolute atomic E-state index is 3.61. The predicted molar refractivity (Wildman–Crippen MR) is 76.4 cm³/mol. The van der Waals surface area contributed by atoms with Crippen molar-refractivity contribution in [1.82, 2.24) is 5.32 Å². The number of nitrogens with one attached hydrogen (secondary N) is 1. The van der Waals surface area contributed by atoms with Crippen LogP contribution in [-0.4, -0.2) is 6.04 Å². The highest BCUT2D eigenvalue weighted by molar-refractivity contribution is 5.24. The molecule has 0 saturated heterocycles. The Labute approximate surface area is 107 Å². The number of hydrogen-bond donors (Lipinski definition) is 1. The molecule has 0 aliphatic rings. The lowest BCUT2D eigenvalue weighted by Crippen LogP contribution is -2.28. The van der Waals surface area contributed by atoms with Gasteiger partial charge >= 0.3 is 0 Å². The van der Waals surface area contributed by atoms with E-state index in [0.717, 1.165) is 0 Å². The summed E-state index contributed by atoms with van der Waals surface area (Å²) in [6, 6.07) is 10.1. The summed E-state index contributed by atoms with van der Waals surface area (Å²) < 4.78 is 0. The zero-order valence-corrected chi connectivity index (χ0v) is 11.8. The van der Waals surface area contributed by atoms with Crippen LogP contribution < -0.4 is 5.32 Å². The largest absolute Gasteiger partial charge is 0.308 e. The minimum Gasteiger partial charge on any atom is -0.308 e. The number of benzene rings is 1. The number of hydrogen-bond acceptors (Lipinski definition) is 1. The Hall–Kier alpha value is -0.820. The molecule has 0 spiro atoms. The minimum atomic E-state index is 0.449. The van der Waals surface area contributed by atoms with Crippen molar-refractivity contribution in [2.24, 2.45) is 0 Å². The molecule has 1 N–H and O–H groups in total. The quantitative estimate of drug-likeness (QED) is 0.732. The summed E-state index contributed by atoms with van der Waals surface area (Å²) in [4.78, 5) is 0. The second-order valence-corrected chi connectivity index (χ2v) is 5.04. The highest BCUT2D eigenvalue weighted by Crippen LogP contribution is 2.15. The van der Waals surface area contributed by atoms with Gasteiger partial charge in [-0.2, -0.15) is 0 Å². The molecule has 0 heterocycles. The molecule has 0 aliphatic carbocycles. The maximum Gasteiger partial charge on any atom is 0.0294 e. The smallest absolute Gasteiger partial charge is 0.0294 e. The van der Waals surface area contributed by atoms with Crippen LogP contribution in [0.3, 0.4) is 0 Å². The van der Waals surface area contributed by atoms with Gasteiger partial charge in [0.05, 0.1) is 0 Å². The molecule has 1 aromatic carbocycles. The lowest BCUT2D eigenvalue weighted by atomic mass is 10.0. The van der Waals surface area contributed by atoms with Gasteiger partial charge < -0.3 is 5.32 Å². The lowest BCUT2D eigenvalue weighted by Gasteiger charge is -2.19. The first-order valence-electron chi connectivity index (χ1n) is 7.02. The van der Waals surface area contributed by atoms with Crippen LogP contribution in [0.15, 0.2) is 24.3 Å². The fourth-order valence-corrected chi connectivity index (χ4v) is 1.99. The SMILES string of the molecule is CCCCc1ccc(C(C)NC(C)CC)cc1. The van der Waals surface area contributed by atoms with Gasteiger partial charge in [-0.1, -0.05) is 44.5 Å². The molecule has 1 nitrogen and oxygen atoms in total. The van der Waals surface area contributed by atoms with Crippen LogP contribution in [0.25, 0.3) is 0 Å². The molecule has 17 heavy (non-hydrogen) atoms. The number of unbranched alkanes of at least 4 members (excludes halogenated alkanes) is 1. The molecule has 0 aromatic heterocycles. The summed E-state index contributed by atoms with van der Waals surface area (Å²) in [6.07, 6.45) is 4.95. The first kappa shape index (κ1) is 14.2. The molecule has 0 aliphatic heterocycles. The van der Waals surface area contributed by atoms with Gasteiger partial charge in [-0.3, -0.25) is 0 Å². The number of rotatable bonds is 7. The molecular weight excluding hydrogens is 206 g/mol. The van der Waals surface area contributed by atoms with E-state index in [1.165, 1.54) is 36.8 Å². The van der Waals surface area contributed by atoms with Crippen molar-refractivity contribution in [3.8, 4) is 0 Å². The van der Waals surface area contributed by atoms with E-state index in [-0.39, 0.29) is 0 Å². The molecule has 0 radical (unpaired) electrons. The van der Waals surface area contributed by atoms with Crippen LogP contribution in [0, 0.1) is 0 Å². The van der Waals surface area contributed by atoms with Crippen molar-refractivity contribution in [2.45, 2.75) is 65.5 Å². The molecule has 2 unspecified atom stereocenters. The van der Waals surface area contributed by atoms with Crippen LogP contribution in [0.4, 0.5) is 0 Å². The van der Waals surface area contributed by atoms with E-state index in [9.17, 15) is 0 Å². The summed E-state index contributed by atoms with van der Waals surface area (Å²) in [7, 11) is 0. The third kappa shape index (κ3) is 4.91. The molecule has 1 rings (SSSR count). The van der Waals surface area contributed by atoms with Gasteiger partial charge in [-0.05, 0) is 44.2 Å². The summed E-state index contributed by atoms with van der Waals surface area (Å²) >= 11 is 0. The second kappa shape index (κ2) is 7.50. The van der Waals surface area contributed by atoms with E-state index < -0.39 is 0 Å². The molecular formula is C16H27N. The van der Waals surface area contributed by atoms with Crippen molar-refractivity contribution in [2.75, 3.05) is 0 Å². The topological polar surface area (TPSA) is 12.0 Å². The molecule has 0 bridgehead atoms. The van der Waals surface area contributed by atoms with Gasteiger partial charge in [-0.15, -0.1) is 0 Å². The first-order valence-corrected chi connectivity index (χ1v) is 7.02. The normalized spacial score (nSPS) is 14.6. The monoisotopic (exact) mass is 233 g/mol. The van der Waals surface area contributed by atoms with Gasteiger partial charge in [0.2, 0.25) is 0 Å². The summed E-state index contributed by atoms with van der Waals surface area (Å²) in [5.74, 6) is 0. The maximum atomic E-state index is 3.61. The van der Waals surface area contributed by atoms with Crippen LogP contribution in [-0.2, 0) is 6.42 Å².